The van der Waals surface area contributed by atoms with E-state index in [4.69, 9.17) is 0 Å². The van der Waals surface area contributed by atoms with E-state index in [1.807, 2.05) is 11.3 Å². The average Bonchev–Trinajstić information content (AvgIpc) is 3.72. The van der Waals surface area contributed by atoms with Crippen molar-refractivity contribution in [1.29, 1.82) is 0 Å². The molecule has 2 nitrogen and oxygen atoms in total. The molecule has 0 fully saturated rings. The molecule has 0 radical (unpaired) electrons. The number of anilines is 2. The minimum absolute atomic E-state index is 0.0218. The minimum Gasteiger partial charge on any atom is -0.376 e. The molecule has 2 aliphatic heterocycles. The molecular formula is C50H45BN2S. The normalized spacial score (nSPS) is 16.5. The summed E-state index contributed by atoms with van der Waals surface area (Å²) in [6, 6.07) is 46.5. The molecule has 0 saturated heterocycles. The molecule has 0 atom stereocenters. The Morgan fingerprint density at radius 2 is 1.37 bits per heavy atom. The summed E-state index contributed by atoms with van der Waals surface area (Å²) in [5.41, 5.74) is 17.9. The van der Waals surface area contributed by atoms with Gasteiger partial charge in [0.15, 0.2) is 0 Å². The molecule has 0 spiro atoms. The van der Waals surface area contributed by atoms with Gasteiger partial charge in [-0.15, -0.1) is 11.3 Å². The predicted molar refractivity (Wildman–Crippen MR) is 235 cm³/mol. The fourth-order valence-electron chi connectivity index (χ4n) is 10.3. The second kappa shape index (κ2) is 10.8. The summed E-state index contributed by atoms with van der Waals surface area (Å²) in [6.45, 7) is 17.0. The van der Waals surface area contributed by atoms with Crippen LogP contribution in [0.3, 0.4) is 0 Å². The monoisotopic (exact) mass is 716 g/mol. The number of fused-ring (bicyclic) bond motifs is 11. The van der Waals surface area contributed by atoms with Crippen LogP contribution in [-0.2, 0) is 16.2 Å². The third kappa shape index (κ3) is 4.29. The van der Waals surface area contributed by atoms with Crippen molar-refractivity contribution in [3.8, 4) is 27.9 Å². The molecule has 264 valence electrons. The summed E-state index contributed by atoms with van der Waals surface area (Å²) in [4.78, 5) is 2.72. The Hall–Kier alpha value is -5.06. The van der Waals surface area contributed by atoms with Crippen molar-refractivity contribution in [2.24, 2.45) is 0 Å². The van der Waals surface area contributed by atoms with Crippen LogP contribution in [0, 0.1) is 0 Å². The molecule has 0 bridgehead atoms. The first kappa shape index (κ1) is 32.4. The third-order valence-electron chi connectivity index (χ3n) is 13.2. The molecule has 0 N–H and O–H groups in total. The van der Waals surface area contributed by atoms with Crippen molar-refractivity contribution in [3.05, 3.63) is 138 Å². The van der Waals surface area contributed by atoms with Gasteiger partial charge < -0.3 is 9.38 Å². The molecule has 6 aromatic carbocycles. The summed E-state index contributed by atoms with van der Waals surface area (Å²) >= 11 is 1.99. The second-order valence-electron chi connectivity index (χ2n) is 18.4. The van der Waals surface area contributed by atoms with E-state index in [0.717, 1.165) is 0 Å². The number of para-hydroxylation sites is 2. The van der Waals surface area contributed by atoms with Gasteiger partial charge in [-0.3, -0.25) is 0 Å². The zero-order valence-corrected chi connectivity index (χ0v) is 33.2. The summed E-state index contributed by atoms with van der Waals surface area (Å²) in [6.07, 6.45) is 2.41. The molecule has 8 aromatic rings. The summed E-state index contributed by atoms with van der Waals surface area (Å²) in [5.74, 6) is 0. The van der Waals surface area contributed by atoms with E-state index < -0.39 is 0 Å². The number of benzene rings is 6. The Kier molecular flexibility index (Phi) is 6.47. The van der Waals surface area contributed by atoms with Gasteiger partial charge in [-0.2, -0.15) is 0 Å². The smallest absolute Gasteiger partial charge is 0.343 e. The SMILES string of the molecule is CC(C)(C)c1cc2c3c4c1c1ccccc1n4-c1c(sc4ccc(-c5ccccc5)cc14)B3N(c1ccc3c(c1)C(C)(C)CCC3(C)C)c1ccccc1-2. The fraction of sp³-hybridized carbons (Fsp3) is 0.240. The van der Waals surface area contributed by atoms with Gasteiger partial charge in [-0.25, -0.2) is 0 Å². The molecule has 0 unspecified atom stereocenters. The van der Waals surface area contributed by atoms with E-state index in [9.17, 15) is 0 Å². The predicted octanol–water partition coefficient (Wildman–Crippen LogP) is 12.5. The van der Waals surface area contributed by atoms with Crippen LogP contribution in [0.5, 0.6) is 0 Å². The summed E-state index contributed by atoms with van der Waals surface area (Å²) in [7, 11) is 0. The Balaban J connectivity index is 1.31. The highest BCUT2D eigenvalue weighted by atomic mass is 32.1. The van der Waals surface area contributed by atoms with Crippen LogP contribution in [0.1, 0.15) is 78.0 Å². The summed E-state index contributed by atoms with van der Waals surface area (Å²) in [5, 5.41) is 4.08. The molecule has 0 saturated carbocycles. The summed E-state index contributed by atoms with van der Waals surface area (Å²) < 4.78 is 5.42. The standard InChI is InChI=1S/C50H45BN2S/c1-48(2,3)39-29-35-33-17-11-14-20-41(33)53(32-22-23-37-38(28-32)50(6,7)26-25-49(37,4)5)51-44(35)46-43(39)34-18-12-13-19-40(34)52(46)45-36-27-31(30-15-9-8-10-16-30)21-24-42(36)54-47(45)51/h8-24,27-29H,25-26H2,1-7H3. The second-order valence-corrected chi connectivity index (χ2v) is 19.5. The molecule has 11 rings (SSSR count). The van der Waals surface area contributed by atoms with Gasteiger partial charge in [0.2, 0.25) is 0 Å². The van der Waals surface area contributed by atoms with Gasteiger partial charge in [-0.1, -0.05) is 133 Å². The fourth-order valence-corrected chi connectivity index (χ4v) is 11.6. The third-order valence-corrected chi connectivity index (χ3v) is 14.4. The van der Waals surface area contributed by atoms with Crippen LogP contribution in [0.4, 0.5) is 11.4 Å². The quantitative estimate of drug-likeness (QED) is 0.162. The van der Waals surface area contributed by atoms with E-state index in [2.05, 4.69) is 179 Å². The van der Waals surface area contributed by atoms with Crippen molar-refractivity contribution in [2.75, 3.05) is 4.81 Å². The molecule has 4 heterocycles. The van der Waals surface area contributed by atoms with Crippen LogP contribution >= 0.6 is 11.3 Å². The zero-order valence-electron chi connectivity index (χ0n) is 32.3. The van der Waals surface area contributed by atoms with Crippen molar-refractivity contribution < 1.29 is 0 Å². The van der Waals surface area contributed by atoms with Crippen LogP contribution < -0.4 is 15.1 Å². The Morgan fingerprint density at radius 1 is 0.648 bits per heavy atom. The Morgan fingerprint density at radius 3 is 2.17 bits per heavy atom. The van der Waals surface area contributed by atoms with Gasteiger partial charge in [0.25, 0.3) is 0 Å². The first-order valence-corrected chi connectivity index (χ1v) is 20.5. The van der Waals surface area contributed by atoms with Crippen molar-refractivity contribution in [3.63, 3.8) is 0 Å². The lowest BCUT2D eigenvalue weighted by Crippen LogP contribution is -2.59. The van der Waals surface area contributed by atoms with E-state index >= 15 is 0 Å². The van der Waals surface area contributed by atoms with Crippen LogP contribution in [0.15, 0.2) is 121 Å². The maximum absolute atomic E-state index is 2.72. The number of nitrogens with zero attached hydrogens (tertiary/aromatic N) is 2. The number of rotatable bonds is 2. The van der Waals surface area contributed by atoms with E-state index in [1.54, 1.807) is 0 Å². The minimum atomic E-state index is -0.0556. The van der Waals surface area contributed by atoms with Crippen LogP contribution in [0.25, 0.3) is 59.8 Å². The molecule has 1 aliphatic carbocycles. The lowest BCUT2D eigenvalue weighted by Gasteiger charge is -2.44. The first-order valence-electron chi connectivity index (χ1n) is 19.7. The topological polar surface area (TPSA) is 8.17 Å². The Labute approximate surface area is 323 Å². The highest BCUT2D eigenvalue weighted by molar-refractivity contribution is 7.32. The molecule has 0 amide bonds. The van der Waals surface area contributed by atoms with Gasteiger partial charge in [0, 0.05) is 42.6 Å². The maximum Gasteiger partial charge on any atom is 0.343 e. The molecule has 54 heavy (non-hydrogen) atoms. The van der Waals surface area contributed by atoms with Crippen molar-refractivity contribution >= 4 is 71.7 Å². The van der Waals surface area contributed by atoms with E-state index in [1.165, 1.54) is 111 Å². The highest BCUT2D eigenvalue weighted by Crippen LogP contribution is 2.52. The average molecular weight is 717 g/mol. The number of hydrogen-bond donors (Lipinski definition) is 0. The van der Waals surface area contributed by atoms with E-state index in [0.29, 0.717) is 0 Å². The molecule has 2 aromatic heterocycles. The molecule has 3 aliphatic rings. The van der Waals surface area contributed by atoms with Crippen LogP contribution in [-0.4, -0.2) is 11.4 Å². The lowest BCUT2D eigenvalue weighted by atomic mass is 9.47. The van der Waals surface area contributed by atoms with Crippen LogP contribution in [0.2, 0.25) is 0 Å². The van der Waals surface area contributed by atoms with E-state index in [-0.39, 0.29) is 23.1 Å². The molecular weight excluding hydrogens is 671 g/mol. The van der Waals surface area contributed by atoms with Gasteiger partial charge in [-0.05, 0) is 104 Å². The van der Waals surface area contributed by atoms with Gasteiger partial charge in [0.1, 0.15) is 0 Å². The van der Waals surface area contributed by atoms with Crippen molar-refractivity contribution in [1.82, 2.24) is 4.57 Å². The zero-order chi connectivity index (χ0) is 36.9. The number of aromatic nitrogens is 1. The van der Waals surface area contributed by atoms with Gasteiger partial charge in [0.05, 0.1) is 16.7 Å². The Bertz CT molecular complexity index is 2880. The lowest BCUT2D eigenvalue weighted by molar-refractivity contribution is 0.332. The largest absolute Gasteiger partial charge is 0.376 e. The maximum atomic E-state index is 2.72. The van der Waals surface area contributed by atoms with Gasteiger partial charge >= 0.3 is 6.85 Å². The number of hydrogen-bond acceptors (Lipinski definition) is 2. The first-order chi connectivity index (χ1) is 25.9. The highest BCUT2D eigenvalue weighted by Gasteiger charge is 2.47. The molecule has 4 heteroatoms. The number of thiophene rings is 1. The van der Waals surface area contributed by atoms with Crippen molar-refractivity contribution in [2.45, 2.75) is 77.6 Å².